The number of azide groups is 1. The van der Waals surface area contributed by atoms with Crippen LogP contribution in [0.5, 0.6) is 5.75 Å². The normalized spacial score (nSPS) is 11.8. The van der Waals surface area contributed by atoms with E-state index < -0.39 is 0 Å². The minimum atomic E-state index is -0.224. The molecule has 8 nitrogen and oxygen atoms in total. The van der Waals surface area contributed by atoms with Crippen molar-refractivity contribution in [2.75, 3.05) is 19.4 Å². The summed E-state index contributed by atoms with van der Waals surface area (Å²) in [6, 6.07) is 10.3. The molecule has 0 amide bonds. The molecular weight excluding hydrogens is 358 g/mol. The number of rotatable bonds is 5. The number of fused-ring (bicyclic) bond motifs is 5. The van der Waals surface area contributed by atoms with Gasteiger partial charge in [-0.1, -0.05) is 11.2 Å². The maximum absolute atomic E-state index is 13.2. The van der Waals surface area contributed by atoms with Crippen molar-refractivity contribution < 1.29 is 9.53 Å². The van der Waals surface area contributed by atoms with E-state index in [1.54, 1.807) is 41.0 Å². The second-order valence-electron chi connectivity index (χ2n) is 6.53. The summed E-state index contributed by atoms with van der Waals surface area (Å²) in [6.45, 7) is 0.583. The lowest BCUT2D eigenvalue weighted by Crippen LogP contribution is -2.24. The van der Waals surface area contributed by atoms with E-state index in [1.807, 2.05) is 0 Å². The van der Waals surface area contributed by atoms with Gasteiger partial charge in [0.2, 0.25) is 0 Å². The molecule has 0 fully saturated rings. The Hall–Kier alpha value is -3.77. The third-order valence-corrected chi connectivity index (χ3v) is 4.95. The standard InChI is InChI=1S/C20H17N5O3/c1-28-12-4-6-14-15(10-12)19(26)17-13-5-3-11(21)9-16(13)20(27)25(18(14)17)8-2-7-23-24-22/h3-6,9-10H,2,7-8,21H2,1H3. The monoisotopic (exact) mass is 375 g/mol. The topological polar surface area (TPSA) is 123 Å². The van der Waals surface area contributed by atoms with Crippen molar-refractivity contribution in [3.63, 3.8) is 0 Å². The largest absolute Gasteiger partial charge is 0.497 e. The lowest BCUT2D eigenvalue weighted by atomic mass is 10.0. The zero-order valence-corrected chi connectivity index (χ0v) is 15.2. The summed E-state index contributed by atoms with van der Waals surface area (Å²) in [5.41, 5.74) is 16.9. The maximum Gasteiger partial charge on any atom is 0.259 e. The summed E-state index contributed by atoms with van der Waals surface area (Å²) in [6.07, 6.45) is 0.476. The Morgan fingerprint density at radius 3 is 2.71 bits per heavy atom. The number of nitrogens with two attached hydrogens (primary N) is 1. The molecule has 2 aromatic carbocycles. The highest BCUT2D eigenvalue weighted by Crippen LogP contribution is 2.41. The van der Waals surface area contributed by atoms with E-state index in [4.69, 9.17) is 16.0 Å². The number of ketones is 1. The number of benzene rings is 2. The van der Waals surface area contributed by atoms with Crippen LogP contribution in [0.4, 0.5) is 5.69 Å². The zero-order chi connectivity index (χ0) is 19.8. The van der Waals surface area contributed by atoms with E-state index in [9.17, 15) is 9.59 Å². The molecule has 0 bridgehead atoms. The second kappa shape index (κ2) is 6.75. The molecule has 3 aromatic rings. The molecule has 1 aliphatic carbocycles. The maximum atomic E-state index is 13.2. The molecule has 0 radical (unpaired) electrons. The average molecular weight is 375 g/mol. The van der Waals surface area contributed by atoms with Crippen LogP contribution in [0.1, 0.15) is 22.3 Å². The van der Waals surface area contributed by atoms with E-state index >= 15 is 0 Å². The zero-order valence-electron chi connectivity index (χ0n) is 15.2. The summed E-state index contributed by atoms with van der Waals surface area (Å²) in [4.78, 5) is 29.2. The Labute approximate surface area is 159 Å². The van der Waals surface area contributed by atoms with Crippen molar-refractivity contribution in [1.29, 1.82) is 0 Å². The molecule has 1 aliphatic rings. The van der Waals surface area contributed by atoms with Crippen LogP contribution in [0.25, 0.3) is 32.5 Å². The van der Waals surface area contributed by atoms with Gasteiger partial charge in [0, 0.05) is 45.6 Å². The van der Waals surface area contributed by atoms with Gasteiger partial charge in [-0.15, -0.1) is 0 Å². The Morgan fingerprint density at radius 2 is 1.96 bits per heavy atom. The number of carbonyl (C=O) groups is 1. The molecule has 0 atom stereocenters. The average Bonchev–Trinajstić information content (AvgIpc) is 2.99. The second-order valence-corrected chi connectivity index (χ2v) is 6.53. The van der Waals surface area contributed by atoms with Gasteiger partial charge in [0.15, 0.2) is 5.78 Å². The number of ether oxygens (including phenoxy) is 1. The molecule has 0 saturated heterocycles. The smallest absolute Gasteiger partial charge is 0.259 e. The number of nitrogens with zero attached hydrogens (tertiary/aromatic N) is 4. The lowest BCUT2D eigenvalue weighted by Gasteiger charge is -2.15. The van der Waals surface area contributed by atoms with E-state index in [1.165, 1.54) is 7.11 Å². The van der Waals surface area contributed by atoms with Crippen molar-refractivity contribution in [2.45, 2.75) is 13.0 Å². The van der Waals surface area contributed by atoms with Crippen molar-refractivity contribution in [1.82, 2.24) is 4.57 Å². The SMILES string of the molecule is COc1ccc2c(c1)C(=O)c1c-2n(CCCN=[N+]=[N-])c(=O)c2cc(N)ccc12. The van der Waals surface area contributed by atoms with Crippen LogP contribution in [-0.2, 0) is 6.54 Å². The van der Waals surface area contributed by atoms with E-state index in [0.717, 1.165) is 0 Å². The predicted molar refractivity (Wildman–Crippen MR) is 107 cm³/mol. The minimum Gasteiger partial charge on any atom is -0.497 e. The molecular formula is C20H17N5O3. The van der Waals surface area contributed by atoms with Crippen LogP contribution in [-0.4, -0.2) is 24.0 Å². The number of aromatic nitrogens is 1. The van der Waals surface area contributed by atoms with E-state index in [-0.39, 0.29) is 17.9 Å². The first kappa shape index (κ1) is 17.6. The van der Waals surface area contributed by atoms with Gasteiger partial charge >= 0.3 is 0 Å². The Bertz CT molecular complexity index is 1240. The van der Waals surface area contributed by atoms with Gasteiger partial charge < -0.3 is 15.0 Å². The van der Waals surface area contributed by atoms with Crippen molar-refractivity contribution >= 4 is 22.2 Å². The molecule has 0 aliphatic heterocycles. The molecule has 4 rings (SSSR count). The molecule has 1 aromatic heterocycles. The predicted octanol–water partition coefficient (Wildman–Crippen LogP) is 3.50. The van der Waals surface area contributed by atoms with Gasteiger partial charge in [0.05, 0.1) is 18.4 Å². The summed E-state index contributed by atoms with van der Waals surface area (Å²) in [7, 11) is 1.54. The van der Waals surface area contributed by atoms with Crippen LogP contribution in [0.15, 0.2) is 46.3 Å². The number of anilines is 1. The molecule has 8 heteroatoms. The number of carbonyl (C=O) groups excluding carboxylic acids is 1. The van der Waals surface area contributed by atoms with Crippen molar-refractivity contribution in [3.8, 4) is 17.0 Å². The van der Waals surface area contributed by atoms with Crippen LogP contribution < -0.4 is 16.0 Å². The summed E-state index contributed by atoms with van der Waals surface area (Å²) < 4.78 is 6.84. The van der Waals surface area contributed by atoms with Crippen LogP contribution in [0.2, 0.25) is 0 Å². The molecule has 140 valence electrons. The fraction of sp³-hybridized carbons (Fsp3) is 0.200. The third-order valence-electron chi connectivity index (χ3n) is 4.95. The number of hydrogen-bond acceptors (Lipinski definition) is 5. The third kappa shape index (κ3) is 2.59. The molecule has 28 heavy (non-hydrogen) atoms. The fourth-order valence-electron chi connectivity index (χ4n) is 3.71. The number of hydrogen-bond donors (Lipinski definition) is 1. The van der Waals surface area contributed by atoms with Crippen molar-refractivity contribution in [2.24, 2.45) is 5.11 Å². The summed E-state index contributed by atoms with van der Waals surface area (Å²) in [5, 5.41) is 4.51. The Morgan fingerprint density at radius 1 is 1.14 bits per heavy atom. The highest BCUT2D eigenvalue weighted by atomic mass is 16.5. The van der Waals surface area contributed by atoms with Gasteiger partial charge in [-0.05, 0) is 42.3 Å². The molecule has 0 unspecified atom stereocenters. The quantitative estimate of drug-likeness (QED) is 0.188. The molecule has 0 saturated carbocycles. The van der Waals surface area contributed by atoms with Gasteiger partial charge in [0.25, 0.3) is 5.56 Å². The van der Waals surface area contributed by atoms with Gasteiger partial charge in [0.1, 0.15) is 5.75 Å². The van der Waals surface area contributed by atoms with E-state index in [0.29, 0.717) is 57.6 Å². The highest BCUT2D eigenvalue weighted by Gasteiger charge is 2.33. The lowest BCUT2D eigenvalue weighted by molar-refractivity contribution is 0.104. The first-order valence-corrected chi connectivity index (χ1v) is 8.77. The van der Waals surface area contributed by atoms with Gasteiger partial charge in [-0.3, -0.25) is 9.59 Å². The van der Waals surface area contributed by atoms with Crippen LogP contribution in [0.3, 0.4) is 0 Å². The Kier molecular flexibility index (Phi) is 4.25. The molecule has 0 spiro atoms. The number of nitrogen functional groups attached to an aromatic ring is 1. The first-order chi connectivity index (χ1) is 13.6. The summed E-state index contributed by atoms with van der Waals surface area (Å²) in [5.74, 6) is 0.424. The minimum absolute atomic E-state index is 0.150. The number of methoxy groups -OCH3 is 1. The Balaban J connectivity index is 2.02. The molecule has 2 N–H and O–H groups in total. The van der Waals surface area contributed by atoms with Crippen LogP contribution in [0, 0.1) is 0 Å². The van der Waals surface area contributed by atoms with Gasteiger partial charge in [-0.25, -0.2) is 0 Å². The van der Waals surface area contributed by atoms with Gasteiger partial charge in [-0.2, -0.15) is 0 Å². The van der Waals surface area contributed by atoms with E-state index in [2.05, 4.69) is 10.0 Å². The number of pyridine rings is 1. The summed E-state index contributed by atoms with van der Waals surface area (Å²) >= 11 is 0. The highest BCUT2D eigenvalue weighted by molar-refractivity contribution is 6.27. The first-order valence-electron chi connectivity index (χ1n) is 8.77. The van der Waals surface area contributed by atoms with Crippen LogP contribution >= 0.6 is 0 Å². The molecule has 1 heterocycles. The van der Waals surface area contributed by atoms with Crippen molar-refractivity contribution in [3.05, 3.63) is 68.3 Å². The fourth-order valence-corrected chi connectivity index (χ4v) is 3.71.